The summed E-state index contributed by atoms with van der Waals surface area (Å²) in [6, 6.07) is 9.43. The van der Waals surface area contributed by atoms with E-state index in [1.807, 2.05) is 54.6 Å². The molecule has 0 bridgehead atoms. The number of carbonyl (C=O) groups excluding carboxylic acids is 1. The van der Waals surface area contributed by atoms with Crippen LogP contribution >= 0.6 is 0 Å². The zero-order chi connectivity index (χ0) is 19.8. The van der Waals surface area contributed by atoms with Gasteiger partial charge in [-0.15, -0.1) is 26.3 Å². The summed E-state index contributed by atoms with van der Waals surface area (Å²) in [5, 5.41) is 7.15. The van der Waals surface area contributed by atoms with Gasteiger partial charge >= 0.3 is 0 Å². The summed E-state index contributed by atoms with van der Waals surface area (Å²) < 4.78 is 0. The quantitative estimate of drug-likeness (QED) is 0.577. The average molecular weight is 365 g/mol. The summed E-state index contributed by atoms with van der Waals surface area (Å²) in [6.45, 7) is 15.8. The van der Waals surface area contributed by atoms with E-state index in [9.17, 15) is 4.79 Å². The van der Waals surface area contributed by atoms with Crippen molar-refractivity contribution in [2.75, 3.05) is 0 Å². The highest BCUT2D eigenvalue weighted by atomic mass is 16.1. The predicted octanol–water partition coefficient (Wildman–Crippen LogP) is 4.95. The molecule has 1 aliphatic heterocycles. The molecule has 0 saturated carbocycles. The highest BCUT2D eigenvalue weighted by Gasteiger charge is 2.45. The third-order valence-corrected chi connectivity index (χ3v) is 5.32. The van der Waals surface area contributed by atoms with Crippen LogP contribution < -0.4 is 10.6 Å². The van der Waals surface area contributed by atoms with E-state index in [1.165, 1.54) is 0 Å². The summed E-state index contributed by atoms with van der Waals surface area (Å²) in [7, 11) is 0. The van der Waals surface area contributed by atoms with E-state index in [0.717, 1.165) is 38.5 Å². The molecule has 1 saturated heterocycles. The number of nitrogens with one attached hydrogen (secondary N) is 2. The van der Waals surface area contributed by atoms with E-state index in [1.54, 1.807) is 0 Å². The molecule has 1 amide bonds. The van der Waals surface area contributed by atoms with E-state index in [2.05, 4.69) is 36.9 Å². The molecule has 1 aromatic rings. The van der Waals surface area contributed by atoms with Gasteiger partial charge in [0.15, 0.2) is 0 Å². The van der Waals surface area contributed by atoms with Gasteiger partial charge in [0.25, 0.3) is 5.91 Å². The Morgan fingerprint density at radius 1 is 0.926 bits per heavy atom. The van der Waals surface area contributed by atoms with Crippen molar-refractivity contribution in [2.24, 2.45) is 0 Å². The maximum absolute atomic E-state index is 12.8. The van der Waals surface area contributed by atoms with Crippen LogP contribution in [0.2, 0.25) is 0 Å². The molecule has 1 aliphatic rings. The molecule has 144 valence electrons. The third kappa shape index (κ3) is 5.30. The number of amides is 1. The average Bonchev–Trinajstić information content (AvgIpc) is 2.63. The van der Waals surface area contributed by atoms with Gasteiger partial charge in [-0.3, -0.25) is 4.79 Å². The van der Waals surface area contributed by atoms with Gasteiger partial charge in [0, 0.05) is 22.7 Å². The van der Waals surface area contributed by atoms with Crippen LogP contribution in [0, 0.1) is 0 Å². The largest absolute Gasteiger partial charge is 0.349 e. The first-order valence-electron chi connectivity index (χ1n) is 9.61. The van der Waals surface area contributed by atoms with Crippen LogP contribution in [0.15, 0.2) is 81.0 Å². The number of benzene rings is 1. The van der Waals surface area contributed by atoms with E-state index >= 15 is 0 Å². The molecule has 0 radical (unpaired) electrons. The molecule has 1 aromatic carbocycles. The molecule has 0 atom stereocenters. The molecule has 0 unspecified atom stereocenters. The van der Waals surface area contributed by atoms with Crippen LogP contribution in [-0.2, 0) is 0 Å². The van der Waals surface area contributed by atoms with Gasteiger partial charge in [0.2, 0.25) is 0 Å². The number of carbonyl (C=O) groups is 1. The fourth-order valence-corrected chi connectivity index (χ4v) is 4.45. The van der Waals surface area contributed by atoms with Crippen molar-refractivity contribution in [3.05, 3.63) is 86.5 Å². The second-order valence-corrected chi connectivity index (χ2v) is 7.60. The van der Waals surface area contributed by atoms with Gasteiger partial charge in [-0.25, -0.2) is 0 Å². The van der Waals surface area contributed by atoms with Crippen molar-refractivity contribution in [2.45, 2.75) is 55.6 Å². The lowest BCUT2D eigenvalue weighted by molar-refractivity contribution is 0.0794. The lowest BCUT2D eigenvalue weighted by atomic mass is 9.70. The summed E-state index contributed by atoms with van der Waals surface area (Å²) in [6.07, 6.45) is 12.7. The minimum Gasteiger partial charge on any atom is -0.349 e. The monoisotopic (exact) mass is 364 g/mol. The van der Waals surface area contributed by atoms with Crippen LogP contribution in [0.4, 0.5) is 0 Å². The number of rotatable bonds is 10. The highest BCUT2D eigenvalue weighted by molar-refractivity contribution is 5.94. The van der Waals surface area contributed by atoms with Crippen molar-refractivity contribution in [3.8, 4) is 0 Å². The third-order valence-electron chi connectivity index (χ3n) is 5.32. The van der Waals surface area contributed by atoms with Gasteiger partial charge in [-0.05, 0) is 50.7 Å². The predicted molar refractivity (Wildman–Crippen MR) is 115 cm³/mol. The molecular weight excluding hydrogens is 332 g/mol. The molecule has 0 aromatic heterocycles. The molecular formula is C24H32N2O. The molecule has 2 N–H and O–H groups in total. The van der Waals surface area contributed by atoms with Crippen molar-refractivity contribution >= 4 is 5.91 Å². The van der Waals surface area contributed by atoms with Gasteiger partial charge in [0.05, 0.1) is 0 Å². The maximum atomic E-state index is 12.8. The van der Waals surface area contributed by atoms with E-state index in [0.29, 0.717) is 5.56 Å². The summed E-state index contributed by atoms with van der Waals surface area (Å²) >= 11 is 0. The normalized spacial score (nSPS) is 18.2. The minimum atomic E-state index is -0.178. The topological polar surface area (TPSA) is 41.1 Å². The Bertz CT molecular complexity index is 625. The van der Waals surface area contributed by atoms with Crippen molar-refractivity contribution < 1.29 is 4.79 Å². The van der Waals surface area contributed by atoms with Crippen molar-refractivity contribution in [1.29, 1.82) is 0 Å². The molecule has 1 heterocycles. The Hall–Kier alpha value is -2.39. The maximum Gasteiger partial charge on any atom is 0.251 e. The number of hydrogen-bond acceptors (Lipinski definition) is 2. The van der Waals surface area contributed by atoms with Crippen LogP contribution in [-0.4, -0.2) is 23.0 Å². The summed E-state index contributed by atoms with van der Waals surface area (Å²) in [5.41, 5.74) is 0.331. The highest BCUT2D eigenvalue weighted by Crippen LogP contribution is 2.38. The first kappa shape index (κ1) is 20.9. The van der Waals surface area contributed by atoms with Crippen LogP contribution in [0.25, 0.3) is 0 Å². The van der Waals surface area contributed by atoms with Gasteiger partial charge in [0.1, 0.15) is 0 Å². The Labute approximate surface area is 163 Å². The molecule has 0 aliphatic carbocycles. The van der Waals surface area contributed by atoms with Crippen molar-refractivity contribution in [1.82, 2.24) is 10.6 Å². The fourth-order valence-electron chi connectivity index (χ4n) is 4.45. The molecule has 27 heavy (non-hydrogen) atoms. The fraction of sp³-hybridized carbons (Fsp3) is 0.375. The molecule has 3 heteroatoms. The molecule has 1 fully saturated rings. The lowest BCUT2D eigenvalue weighted by Crippen LogP contribution is -2.66. The van der Waals surface area contributed by atoms with Crippen molar-refractivity contribution in [3.63, 3.8) is 0 Å². The molecule has 3 nitrogen and oxygen atoms in total. The standard InChI is InChI=1S/C24H32N2O/c1-5-14-23(15-6-2)18-21(19-24(26-23,16-7-3)17-8-4)25-22(27)20-12-10-9-11-13-20/h5-13,21,26H,1-4,14-19H2,(H,25,27). The van der Waals surface area contributed by atoms with Crippen LogP contribution in [0.1, 0.15) is 48.9 Å². The summed E-state index contributed by atoms with van der Waals surface area (Å²) in [4.78, 5) is 12.8. The minimum absolute atomic E-state index is 0.0280. The summed E-state index contributed by atoms with van der Waals surface area (Å²) in [5.74, 6) is -0.0280. The lowest BCUT2D eigenvalue weighted by Gasteiger charge is -2.52. The zero-order valence-electron chi connectivity index (χ0n) is 16.3. The number of hydrogen-bond donors (Lipinski definition) is 2. The van der Waals surface area contributed by atoms with Crippen LogP contribution in [0.3, 0.4) is 0 Å². The molecule has 0 spiro atoms. The van der Waals surface area contributed by atoms with E-state index in [4.69, 9.17) is 0 Å². The Balaban J connectivity index is 2.32. The first-order valence-corrected chi connectivity index (χ1v) is 9.61. The van der Waals surface area contributed by atoms with Gasteiger partial charge in [-0.1, -0.05) is 42.5 Å². The Morgan fingerprint density at radius 2 is 1.37 bits per heavy atom. The second kappa shape index (κ2) is 9.52. The Morgan fingerprint density at radius 3 is 1.78 bits per heavy atom. The van der Waals surface area contributed by atoms with Gasteiger partial charge in [-0.2, -0.15) is 0 Å². The second-order valence-electron chi connectivity index (χ2n) is 7.60. The first-order chi connectivity index (χ1) is 13.0. The van der Waals surface area contributed by atoms with Crippen LogP contribution in [0.5, 0.6) is 0 Å². The smallest absolute Gasteiger partial charge is 0.251 e. The van der Waals surface area contributed by atoms with E-state index in [-0.39, 0.29) is 23.0 Å². The number of piperidine rings is 1. The van der Waals surface area contributed by atoms with E-state index < -0.39 is 0 Å². The SMILES string of the molecule is C=CCC1(CC=C)CC(NC(=O)c2ccccc2)CC(CC=C)(CC=C)N1. The zero-order valence-corrected chi connectivity index (χ0v) is 16.3. The van der Waals surface area contributed by atoms with Gasteiger partial charge < -0.3 is 10.6 Å². The Kier molecular flexibility index (Phi) is 7.37. The molecule has 2 rings (SSSR count).